The van der Waals surface area contributed by atoms with Crippen LogP contribution in [0.4, 0.5) is 10.1 Å². The minimum atomic E-state index is -0.489. The van der Waals surface area contributed by atoms with Gasteiger partial charge in [-0.2, -0.15) is 0 Å². The van der Waals surface area contributed by atoms with E-state index < -0.39 is 17.4 Å². The van der Waals surface area contributed by atoms with Crippen LogP contribution in [0, 0.1) is 5.82 Å². The lowest BCUT2D eigenvalue weighted by Gasteiger charge is -2.36. The summed E-state index contributed by atoms with van der Waals surface area (Å²) in [6.07, 6.45) is 4.36. The predicted octanol–water partition coefficient (Wildman–Crippen LogP) is 2.89. The van der Waals surface area contributed by atoms with Crippen molar-refractivity contribution in [3.8, 4) is 0 Å². The van der Waals surface area contributed by atoms with Crippen LogP contribution in [0.1, 0.15) is 32.8 Å². The number of likely N-dealkylation sites (tertiary alicyclic amines) is 1. The summed E-state index contributed by atoms with van der Waals surface area (Å²) in [5, 5.41) is 6.48. The second kappa shape index (κ2) is 9.27. The largest absolute Gasteiger partial charge is 0.469 e. The number of esters is 1. The Morgan fingerprint density at radius 1 is 1.35 bits per heavy atom. The number of dihydropyridines is 1. The Bertz CT molecular complexity index is 958. The predicted molar refractivity (Wildman–Crippen MR) is 115 cm³/mol. The van der Waals surface area contributed by atoms with Crippen LogP contribution >= 0.6 is 0 Å². The molecule has 2 N–H and O–H groups in total. The van der Waals surface area contributed by atoms with Crippen molar-refractivity contribution in [3.63, 3.8) is 0 Å². The van der Waals surface area contributed by atoms with E-state index in [0.717, 1.165) is 17.6 Å². The van der Waals surface area contributed by atoms with Crippen LogP contribution in [0.3, 0.4) is 0 Å². The third-order valence-corrected chi connectivity index (χ3v) is 4.94. The molecule has 31 heavy (non-hydrogen) atoms. The van der Waals surface area contributed by atoms with E-state index in [9.17, 15) is 14.0 Å². The summed E-state index contributed by atoms with van der Waals surface area (Å²) in [5.74, 6) is 1.17. The number of benzene rings is 1. The van der Waals surface area contributed by atoms with Gasteiger partial charge in [-0.25, -0.2) is 9.18 Å². The third kappa shape index (κ3) is 5.89. The number of fused-ring (bicyclic) bond motifs is 1. The van der Waals surface area contributed by atoms with Crippen molar-refractivity contribution in [3.05, 3.63) is 58.9 Å². The molecule has 0 amide bonds. The molecule has 0 aromatic heterocycles. The van der Waals surface area contributed by atoms with Gasteiger partial charge >= 0.3 is 5.97 Å². The highest BCUT2D eigenvalue weighted by Crippen LogP contribution is 2.28. The molecule has 3 rings (SSSR count). The lowest BCUT2D eigenvalue weighted by atomic mass is 9.95. The number of hydrogen-bond donors (Lipinski definition) is 2. The Kier molecular flexibility index (Phi) is 6.71. The molecule has 1 aromatic rings. The highest BCUT2D eigenvalue weighted by atomic mass is 19.1. The van der Waals surface area contributed by atoms with Gasteiger partial charge in [0.1, 0.15) is 17.6 Å². The van der Waals surface area contributed by atoms with Gasteiger partial charge in [-0.3, -0.25) is 4.79 Å². The molecule has 1 unspecified atom stereocenters. The van der Waals surface area contributed by atoms with Gasteiger partial charge in [0, 0.05) is 25.0 Å². The second-order valence-corrected chi connectivity index (χ2v) is 8.50. The van der Waals surface area contributed by atoms with Crippen LogP contribution < -0.4 is 10.6 Å². The summed E-state index contributed by atoms with van der Waals surface area (Å²) in [5.41, 5.74) is 2.60. The highest BCUT2D eigenvalue weighted by Gasteiger charge is 2.27. The lowest BCUT2D eigenvalue weighted by Crippen LogP contribution is -2.40. The average molecular weight is 429 g/mol. The molecule has 1 atom stereocenters. The average Bonchev–Trinajstić information content (AvgIpc) is 2.72. The maximum Gasteiger partial charge on any atom is 0.310 e. The van der Waals surface area contributed by atoms with E-state index in [2.05, 4.69) is 15.4 Å². The Morgan fingerprint density at radius 3 is 2.77 bits per heavy atom. The van der Waals surface area contributed by atoms with E-state index in [1.165, 1.54) is 13.2 Å². The number of nitrogens with zero attached hydrogens (tertiary/aromatic N) is 1. The maximum atomic E-state index is 14.3. The Labute approximate surface area is 181 Å². The molecule has 7 nitrogen and oxygen atoms in total. The van der Waals surface area contributed by atoms with Crippen LogP contribution in [-0.2, 0) is 25.5 Å². The molecule has 0 spiro atoms. The fourth-order valence-corrected chi connectivity index (χ4v) is 3.45. The summed E-state index contributed by atoms with van der Waals surface area (Å²) in [4.78, 5) is 24.7. The number of piperidine rings is 1. The quantitative estimate of drug-likeness (QED) is 0.409. The van der Waals surface area contributed by atoms with Gasteiger partial charge < -0.3 is 25.0 Å². The molecular formula is C23H28FN3O4. The number of halogens is 1. The number of nitrogens with one attached hydrogen (secondary N) is 2. The molecule has 2 heterocycles. The summed E-state index contributed by atoms with van der Waals surface area (Å²) in [6.45, 7) is 6.85. The van der Waals surface area contributed by atoms with Gasteiger partial charge in [-0.05, 0) is 62.1 Å². The smallest absolute Gasteiger partial charge is 0.310 e. The topological polar surface area (TPSA) is 79.9 Å². The van der Waals surface area contributed by atoms with Crippen molar-refractivity contribution in [2.75, 3.05) is 25.5 Å². The number of anilines is 1. The van der Waals surface area contributed by atoms with E-state index in [1.54, 1.807) is 12.1 Å². The summed E-state index contributed by atoms with van der Waals surface area (Å²) in [7, 11) is 1.27. The first-order valence-corrected chi connectivity index (χ1v) is 10.2. The number of rotatable bonds is 6. The van der Waals surface area contributed by atoms with Gasteiger partial charge in [-0.15, -0.1) is 0 Å². The number of carbonyl (C=O) groups excluding carboxylic acids is 2. The van der Waals surface area contributed by atoms with Crippen LogP contribution in [-0.4, -0.2) is 48.8 Å². The summed E-state index contributed by atoms with van der Waals surface area (Å²) >= 11 is 0. The molecule has 1 saturated heterocycles. The maximum absolute atomic E-state index is 14.3. The van der Waals surface area contributed by atoms with E-state index in [0.29, 0.717) is 18.8 Å². The Morgan fingerprint density at radius 2 is 2.13 bits per heavy atom. The van der Waals surface area contributed by atoms with E-state index in [1.807, 2.05) is 43.9 Å². The molecule has 1 fully saturated rings. The van der Waals surface area contributed by atoms with Crippen LogP contribution in [0.15, 0.2) is 47.5 Å². The van der Waals surface area contributed by atoms with Crippen LogP contribution in [0.2, 0.25) is 0 Å². The molecule has 0 saturated carbocycles. The van der Waals surface area contributed by atoms with Crippen molar-refractivity contribution < 1.29 is 23.5 Å². The summed E-state index contributed by atoms with van der Waals surface area (Å²) in [6, 6.07) is 4.65. The number of hydrogen-bond acceptors (Lipinski definition) is 7. The molecule has 1 aromatic carbocycles. The molecular weight excluding hydrogens is 401 g/mol. The van der Waals surface area contributed by atoms with Crippen molar-refractivity contribution in [2.24, 2.45) is 0 Å². The number of methoxy groups -OCH3 is 1. The van der Waals surface area contributed by atoms with Crippen molar-refractivity contribution in [1.82, 2.24) is 10.2 Å². The second-order valence-electron chi connectivity index (χ2n) is 8.50. The van der Waals surface area contributed by atoms with E-state index in [4.69, 9.17) is 4.74 Å². The Balaban J connectivity index is 1.68. The van der Waals surface area contributed by atoms with Gasteiger partial charge in [0.05, 0.1) is 13.5 Å². The zero-order valence-electron chi connectivity index (χ0n) is 18.3. The lowest BCUT2D eigenvalue weighted by molar-refractivity contribution is -0.139. The van der Waals surface area contributed by atoms with Gasteiger partial charge in [-0.1, -0.05) is 6.07 Å². The SMILES string of the molecule is COC(=O)Cc1ccc(NC2C=C3CN(C(=C=O)OC(C)(C)C)CCC3=CN2)cc1F. The van der Waals surface area contributed by atoms with E-state index >= 15 is 0 Å². The fourth-order valence-electron chi connectivity index (χ4n) is 3.45. The van der Waals surface area contributed by atoms with Gasteiger partial charge in [0.25, 0.3) is 5.88 Å². The number of carbonyl (C=O) groups is 1. The number of ether oxygens (including phenoxy) is 2. The summed E-state index contributed by atoms with van der Waals surface area (Å²) < 4.78 is 24.7. The van der Waals surface area contributed by atoms with Gasteiger partial charge in [0.15, 0.2) is 5.94 Å². The first-order chi connectivity index (χ1) is 14.7. The Hall–Kier alpha value is -3.25. The third-order valence-electron chi connectivity index (χ3n) is 4.94. The highest BCUT2D eigenvalue weighted by molar-refractivity contribution is 5.72. The van der Waals surface area contributed by atoms with E-state index in [-0.39, 0.29) is 24.0 Å². The molecule has 2 aliphatic rings. The normalized spacial score (nSPS) is 18.0. The fraction of sp³-hybridized carbons (Fsp3) is 0.435. The monoisotopic (exact) mass is 429 g/mol. The molecule has 2 aliphatic heterocycles. The molecule has 0 bridgehead atoms. The molecule has 0 aliphatic carbocycles. The van der Waals surface area contributed by atoms with Crippen molar-refractivity contribution in [1.29, 1.82) is 0 Å². The molecule has 8 heteroatoms. The first-order valence-electron chi connectivity index (χ1n) is 10.2. The van der Waals surface area contributed by atoms with Crippen molar-refractivity contribution >= 4 is 17.6 Å². The minimum absolute atomic E-state index is 0.112. The zero-order valence-corrected chi connectivity index (χ0v) is 18.3. The van der Waals surface area contributed by atoms with Crippen LogP contribution in [0.5, 0.6) is 0 Å². The van der Waals surface area contributed by atoms with Crippen LogP contribution in [0.25, 0.3) is 0 Å². The molecule has 166 valence electrons. The molecule has 0 radical (unpaired) electrons. The van der Waals surface area contributed by atoms with Gasteiger partial charge in [0.2, 0.25) is 0 Å². The standard InChI is InChI=1S/C23H28FN3O4/c1-23(2,3)31-21(14-28)27-8-7-16-12-25-20(9-17(16)13-27)26-18-6-5-15(19(24)11-18)10-22(29)30-4/h5-6,9,11-12,20,25-26H,7-8,10,13H2,1-4H3. The first kappa shape index (κ1) is 22.4. The zero-order chi connectivity index (χ0) is 22.6. The minimum Gasteiger partial charge on any atom is -0.469 e. The van der Waals surface area contributed by atoms with Crippen molar-refractivity contribution in [2.45, 2.75) is 45.4 Å².